The Morgan fingerprint density at radius 2 is 1.97 bits per heavy atom. The van der Waals surface area contributed by atoms with Crippen molar-refractivity contribution in [1.29, 1.82) is 0 Å². The zero-order valence-corrected chi connectivity index (χ0v) is 18.0. The Balaban J connectivity index is 1.53. The lowest BCUT2D eigenvalue weighted by atomic mass is 10.1. The minimum Gasteiger partial charge on any atom is -0.348 e. The zero-order valence-electron chi connectivity index (χ0n) is 17.2. The monoisotopic (exact) mass is 442 g/mol. The predicted molar refractivity (Wildman–Crippen MR) is 112 cm³/mol. The lowest BCUT2D eigenvalue weighted by molar-refractivity contribution is 0.186. The summed E-state index contributed by atoms with van der Waals surface area (Å²) >= 11 is 0. The molecule has 11 heteroatoms. The van der Waals surface area contributed by atoms with Gasteiger partial charge in [0.15, 0.2) is 0 Å². The second-order valence-corrected chi connectivity index (χ2v) is 10.3. The van der Waals surface area contributed by atoms with E-state index in [1.807, 2.05) is 28.8 Å². The molecule has 0 aromatic carbocycles. The highest BCUT2D eigenvalue weighted by Gasteiger charge is 2.34. The van der Waals surface area contributed by atoms with Crippen molar-refractivity contribution in [3.8, 4) is 0 Å². The maximum atomic E-state index is 14.9. The zero-order chi connectivity index (χ0) is 21.5. The predicted octanol–water partition coefficient (Wildman–Crippen LogP) is 1.82. The van der Waals surface area contributed by atoms with Gasteiger partial charge in [0.2, 0.25) is 16.0 Å². The van der Waals surface area contributed by atoms with E-state index in [4.69, 9.17) is 0 Å². The molecule has 4 atom stereocenters. The number of nitrogens with zero attached hydrogens (tertiary/aromatic N) is 5. The van der Waals surface area contributed by atoms with E-state index in [1.54, 1.807) is 6.20 Å². The lowest BCUT2D eigenvalue weighted by Gasteiger charge is -2.33. The van der Waals surface area contributed by atoms with Crippen LogP contribution in [0.3, 0.4) is 0 Å². The third-order valence-electron chi connectivity index (χ3n) is 6.04. The number of alkyl halides is 2. The molecular weight excluding hydrogens is 414 g/mol. The molecule has 4 rings (SSSR count). The van der Waals surface area contributed by atoms with E-state index in [0.29, 0.717) is 18.6 Å². The fourth-order valence-electron chi connectivity index (χ4n) is 4.36. The van der Waals surface area contributed by atoms with Crippen LogP contribution in [0.4, 0.5) is 14.7 Å². The number of aromatic nitrogens is 3. The molecule has 4 heterocycles. The topological polar surface area (TPSA) is 83.4 Å². The van der Waals surface area contributed by atoms with Gasteiger partial charge in [-0.3, -0.25) is 0 Å². The number of nitrogens with one attached hydrogen (secondary N) is 1. The van der Waals surface area contributed by atoms with Crippen LogP contribution in [0.1, 0.15) is 25.3 Å². The van der Waals surface area contributed by atoms with Gasteiger partial charge in [0.25, 0.3) is 0 Å². The Hall–Kier alpha value is -1.85. The van der Waals surface area contributed by atoms with E-state index in [0.717, 1.165) is 35.3 Å². The molecule has 0 aliphatic carbocycles. The van der Waals surface area contributed by atoms with Gasteiger partial charge in [-0.15, -0.1) is 0 Å². The SMILES string of the molecule is CN1CCC[C@H](n2ccc3cnc(N[C@@H]4CCN(S(C)(=O)=O)C[C@H]4F)nc32)[C@H](F)C1. The van der Waals surface area contributed by atoms with Gasteiger partial charge in [-0.2, -0.15) is 9.29 Å². The van der Waals surface area contributed by atoms with Crippen molar-refractivity contribution in [2.45, 2.75) is 43.7 Å². The summed E-state index contributed by atoms with van der Waals surface area (Å²) < 4.78 is 55.8. The number of hydrogen-bond acceptors (Lipinski definition) is 6. The van der Waals surface area contributed by atoms with Crippen molar-refractivity contribution in [3.63, 3.8) is 0 Å². The van der Waals surface area contributed by atoms with Crippen LogP contribution in [0.2, 0.25) is 0 Å². The molecule has 166 valence electrons. The summed E-state index contributed by atoms with van der Waals surface area (Å²) in [5.41, 5.74) is 0.619. The molecule has 0 bridgehead atoms. The minimum atomic E-state index is -3.41. The molecule has 0 spiro atoms. The smallest absolute Gasteiger partial charge is 0.224 e. The van der Waals surface area contributed by atoms with Gasteiger partial charge in [-0.25, -0.2) is 22.2 Å². The van der Waals surface area contributed by atoms with Gasteiger partial charge in [0.1, 0.15) is 18.0 Å². The molecule has 2 saturated heterocycles. The first kappa shape index (κ1) is 21.4. The number of fused-ring (bicyclic) bond motifs is 1. The van der Waals surface area contributed by atoms with Crippen molar-refractivity contribution in [1.82, 2.24) is 23.7 Å². The standard InChI is InChI=1S/C19H28F2N6O2S/c1-25-7-3-4-17(15(21)11-25)27-9-5-13-10-22-19(24-18(13)27)23-16-6-8-26(12-14(16)20)30(2,28)29/h5,9-10,14-17H,3-4,6-8,11-12H2,1-2H3,(H,22,23,24)/t14-,15-,16-,17+/m1/s1. The number of hydrogen-bond donors (Lipinski definition) is 1. The van der Waals surface area contributed by atoms with E-state index in [-0.39, 0.29) is 25.1 Å². The van der Waals surface area contributed by atoms with E-state index >= 15 is 0 Å². The van der Waals surface area contributed by atoms with E-state index in [1.165, 1.54) is 0 Å². The van der Waals surface area contributed by atoms with Crippen molar-refractivity contribution in [3.05, 3.63) is 18.5 Å². The molecule has 30 heavy (non-hydrogen) atoms. The molecule has 1 N–H and O–H groups in total. The van der Waals surface area contributed by atoms with Crippen LogP contribution in [0.15, 0.2) is 18.5 Å². The number of halogens is 2. The van der Waals surface area contributed by atoms with Crippen LogP contribution in [-0.4, -0.2) is 90.0 Å². The summed E-state index contributed by atoms with van der Waals surface area (Å²) in [5.74, 6) is 0.268. The van der Waals surface area contributed by atoms with Crippen molar-refractivity contribution in [2.24, 2.45) is 0 Å². The number of piperidine rings is 1. The summed E-state index contributed by atoms with van der Waals surface area (Å²) in [6.45, 7) is 1.30. The largest absolute Gasteiger partial charge is 0.348 e. The number of anilines is 1. The van der Waals surface area contributed by atoms with Gasteiger partial charge in [-0.05, 0) is 38.9 Å². The van der Waals surface area contributed by atoms with Crippen LogP contribution in [-0.2, 0) is 10.0 Å². The van der Waals surface area contributed by atoms with Crippen molar-refractivity contribution in [2.75, 3.05) is 44.8 Å². The highest BCUT2D eigenvalue weighted by atomic mass is 32.2. The third kappa shape index (κ3) is 4.42. The van der Waals surface area contributed by atoms with Gasteiger partial charge in [-0.1, -0.05) is 0 Å². The van der Waals surface area contributed by atoms with Gasteiger partial charge in [0.05, 0.1) is 18.3 Å². The molecule has 8 nitrogen and oxygen atoms in total. The van der Waals surface area contributed by atoms with E-state index in [9.17, 15) is 17.2 Å². The molecule has 0 saturated carbocycles. The summed E-state index contributed by atoms with van der Waals surface area (Å²) in [6, 6.07) is 0.981. The average molecular weight is 443 g/mol. The molecule has 2 aromatic rings. The third-order valence-corrected chi connectivity index (χ3v) is 7.31. The summed E-state index contributed by atoms with van der Waals surface area (Å²) in [6.07, 6.45) is 4.14. The second-order valence-electron chi connectivity index (χ2n) is 8.36. The first-order chi connectivity index (χ1) is 14.2. The highest BCUT2D eigenvalue weighted by Crippen LogP contribution is 2.29. The maximum absolute atomic E-state index is 14.9. The second kappa shape index (κ2) is 8.35. The first-order valence-corrected chi connectivity index (χ1v) is 12.1. The molecular formula is C19H28F2N6O2S. The highest BCUT2D eigenvalue weighted by molar-refractivity contribution is 7.88. The Bertz CT molecular complexity index is 1000. The molecule has 2 fully saturated rings. The Morgan fingerprint density at radius 1 is 1.17 bits per heavy atom. The quantitative estimate of drug-likeness (QED) is 0.778. The van der Waals surface area contributed by atoms with Gasteiger partial charge < -0.3 is 14.8 Å². The number of likely N-dealkylation sites (tertiary alicyclic amines) is 1. The first-order valence-electron chi connectivity index (χ1n) is 10.2. The fourth-order valence-corrected chi connectivity index (χ4v) is 5.21. The van der Waals surface area contributed by atoms with E-state index in [2.05, 4.69) is 15.3 Å². The number of sulfonamides is 1. The van der Waals surface area contributed by atoms with Crippen LogP contribution < -0.4 is 5.32 Å². The fraction of sp³-hybridized carbons (Fsp3) is 0.684. The lowest BCUT2D eigenvalue weighted by Crippen LogP contribution is -2.49. The van der Waals surface area contributed by atoms with Crippen LogP contribution >= 0.6 is 0 Å². The van der Waals surface area contributed by atoms with Gasteiger partial charge in [0, 0.05) is 37.4 Å². The van der Waals surface area contributed by atoms with Crippen molar-refractivity contribution >= 4 is 27.0 Å². The molecule has 2 aromatic heterocycles. The Morgan fingerprint density at radius 3 is 2.70 bits per heavy atom. The Kier molecular flexibility index (Phi) is 5.95. The number of rotatable bonds is 4. The van der Waals surface area contributed by atoms with Crippen LogP contribution in [0.25, 0.3) is 11.0 Å². The van der Waals surface area contributed by atoms with Crippen LogP contribution in [0.5, 0.6) is 0 Å². The minimum absolute atomic E-state index is 0.186. The molecule has 0 radical (unpaired) electrons. The van der Waals surface area contributed by atoms with Crippen LogP contribution in [0, 0.1) is 0 Å². The molecule has 0 amide bonds. The summed E-state index contributed by atoms with van der Waals surface area (Å²) in [5, 5.41) is 3.81. The summed E-state index contributed by atoms with van der Waals surface area (Å²) in [7, 11) is -1.49. The van der Waals surface area contributed by atoms with E-state index < -0.39 is 28.4 Å². The van der Waals surface area contributed by atoms with Crippen molar-refractivity contribution < 1.29 is 17.2 Å². The summed E-state index contributed by atoms with van der Waals surface area (Å²) in [4.78, 5) is 10.8. The normalized spacial score (nSPS) is 29.7. The van der Waals surface area contributed by atoms with Gasteiger partial charge >= 0.3 is 0 Å². The molecule has 2 aliphatic rings. The Labute approximate surface area is 175 Å². The molecule has 0 unspecified atom stereocenters. The molecule has 2 aliphatic heterocycles. The average Bonchev–Trinajstić information content (AvgIpc) is 3.00. The maximum Gasteiger partial charge on any atom is 0.224 e.